The van der Waals surface area contributed by atoms with Crippen molar-refractivity contribution in [2.75, 3.05) is 11.1 Å². The van der Waals surface area contributed by atoms with Crippen LogP contribution in [0.1, 0.15) is 18.5 Å². The average Bonchev–Trinajstić information content (AvgIpc) is 3.39. The molecule has 0 unspecified atom stereocenters. The number of nitrogens with two attached hydrogens (primary N) is 1. The number of aromatic nitrogens is 7. The molecule has 0 spiro atoms. The number of anilines is 2. The standard InChI is InChI=1S/C22H20ClN9/c1-13(29-22-19(21(24)26-12-27-22)15-9-28-31(2)11-15)16-8-18-25-10-17(23)32(18)30-20(16)14-6-4-3-5-7-14/h3-13H,1-2H3,(H3,24,26,27,29)/t13-/m0/s1. The van der Waals surface area contributed by atoms with Gasteiger partial charge in [-0.25, -0.2) is 19.5 Å². The summed E-state index contributed by atoms with van der Waals surface area (Å²) in [4.78, 5) is 13.0. The number of hydrogen-bond acceptors (Lipinski definition) is 7. The van der Waals surface area contributed by atoms with E-state index in [1.807, 2.05) is 56.6 Å². The van der Waals surface area contributed by atoms with E-state index >= 15 is 0 Å². The first kappa shape index (κ1) is 20.0. The zero-order chi connectivity index (χ0) is 22.2. The first-order valence-corrected chi connectivity index (χ1v) is 10.3. The van der Waals surface area contributed by atoms with Crippen LogP contribution in [0.4, 0.5) is 11.6 Å². The lowest BCUT2D eigenvalue weighted by molar-refractivity contribution is 0.768. The van der Waals surface area contributed by atoms with Gasteiger partial charge in [-0.3, -0.25) is 4.68 Å². The molecule has 0 aliphatic rings. The summed E-state index contributed by atoms with van der Waals surface area (Å²) in [6.45, 7) is 2.04. The highest BCUT2D eigenvalue weighted by atomic mass is 35.5. The molecule has 0 saturated carbocycles. The second-order valence-electron chi connectivity index (χ2n) is 7.42. The molecular weight excluding hydrogens is 426 g/mol. The second kappa shape index (κ2) is 7.93. The Labute approximate surface area is 188 Å². The third kappa shape index (κ3) is 3.52. The van der Waals surface area contributed by atoms with E-state index in [1.165, 1.54) is 6.33 Å². The van der Waals surface area contributed by atoms with Crippen molar-refractivity contribution >= 4 is 28.9 Å². The van der Waals surface area contributed by atoms with Gasteiger partial charge >= 0.3 is 0 Å². The van der Waals surface area contributed by atoms with E-state index in [1.54, 1.807) is 21.6 Å². The fourth-order valence-electron chi connectivity index (χ4n) is 3.68. The maximum Gasteiger partial charge on any atom is 0.155 e. The molecule has 5 rings (SSSR count). The summed E-state index contributed by atoms with van der Waals surface area (Å²) in [5, 5.41) is 13.0. The lowest BCUT2D eigenvalue weighted by Crippen LogP contribution is -2.13. The molecule has 0 aliphatic carbocycles. The number of imidazole rings is 1. The highest BCUT2D eigenvalue weighted by Crippen LogP contribution is 2.34. The van der Waals surface area contributed by atoms with E-state index in [-0.39, 0.29) is 6.04 Å². The van der Waals surface area contributed by atoms with Gasteiger partial charge in [0.1, 0.15) is 18.0 Å². The normalized spacial score (nSPS) is 12.2. The Morgan fingerprint density at radius 2 is 1.88 bits per heavy atom. The molecule has 5 aromatic rings. The smallest absolute Gasteiger partial charge is 0.155 e. The highest BCUT2D eigenvalue weighted by molar-refractivity contribution is 6.29. The predicted octanol–water partition coefficient (Wildman–Crippen LogP) is 4.00. The predicted molar refractivity (Wildman–Crippen MR) is 124 cm³/mol. The summed E-state index contributed by atoms with van der Waals surface area (Å²) in [5.41, 5.74) is 11.1. The zero-order valence-corrected chi connectivity index (χ0v) is 18.2. The maximum absolute atomic E-state index is 6.29. The van der Waals surface area contributed by atoms with Crippen molar-refractivity contribution in [1.29, 1.82) is 0 Å². The van der Waals surface area contributed by atoms with Crippen molar-refractivity contribution in [3.05, 3.63) is 72.0 Å². The summed E-state index contributed by atoms with van der Waals surface area (Å²) >= 11 is 6.29. The molecule has 0 amide bonds. The van der Waals surface area contributed by atoms with Gasteiger partial charge in [-0.1, -0.05) is 41.9 Å². The van der Waals surface area contributed by atoms with Crippen molar-refractivity contribution in [3.8, 4) is 22.4 Å². The van der Waals surface area contributed by atoms with Gasteiger partial charge in [-0.05, 0) is 13.0 Å². The van der Waals surface area contributed by atoms with E-state index in [4.69, 9.17) is 22.4 Å². The Hall–Kier alpha value is -3.98. The van der Waals surface area contributed by atoms with E-state index in [2.05, 4.69) is 25.4 Å². The van der Waals surface area contributed by atoms with Crippen LogP contribution in [0.25, 0.3) is 28.0 Å². The van der Waals surface area contributed by atoms with Gasteiger partial charge in [0.2, 0.25) is 0 Å². The van der Waals surface area contributed by atoms with Gasteiger partial charge in [-0.15, -0.1) is 0 Å². The molecule has 0 bridgehead atoms. The van der Waals surface area contributed by atoms with Gasteiger partial charge in [0.25, 0.3) is 0 Å². The average molecular weight is 446 g/mol. The molecule has 1 aromatic carbocycles. The Kier molecular flexibility index (Phi) is 4.95. The summed E-state index contributed by atoms with van der Waals surface area (Å²) in [7, 11) is 1.85. The Balaban J connectivity index is 1.61. The van der Waals surface area contributed by atoms with Crippen LogP contribution in [0.5, 0.6) is 0 Å². The van der Waals surface area contributed by atoms with Gasteiger partial charge in [0, 0.05) is 29.9 Å². The quantitative estimate of drug-likeness (QED) is 0.420. The number of rotatable bonds is 5. The minimum Gasteiger partial charge on any atom is -0.383 e. The third-order valence-electron chi connectivity index (χ3n) is 5.22. The van der Waals surface area contributed by atoms with Crippen LogP contribution < -0.4 is 11.1 Å². The number of hydrogen-bond donors (Lipinski definition) is 2. The van der Waals surface area contributed by atoms with Crippen molar-refractivity contribution in [2.45, 2.75) is 13.0 Å². The Bertz CT molecular complexity index is 1410. The molecule has 10 heteroatoms. The minimum absolute atomic E-state index is 0.178. The van der Waals surface area contributed by atoms with Crippen LogP contribution >= 0.6 is 11.6 Å². The van der Waals surface area contributed by atoms with E-state index in [0.717, 1.165) is 22.4 Å². The number of aryl methyl sites for hydroxylation is 1. The lowest BCUT2D eigenvalue weighted by atomic mass is 10.0. The molecule has 0 fully saturated rings. The monoisotopic (exact) mass is 445 g/mol. The number of nitrogens with zero attached hydrogens (tertiary/aromatic N) is 7. The summed E-state index contributed by atoms with van der Waals surface area (Å²) in [6.07, 6.45) is 6.64. The summed E-state index contributed by atoms with van der Waals surface area (Å²) < 4.78 is 3.34. The fourth-order valence-corrected chi connectivity index (χ4v) is 3.85. The fraction of sp³-hybridized carbons (Fsp3) is 0.136. The van der Waals surface area contributed by atoms with Crippen LogP contribution in [0.2, 0.25) is 5.15 Å². The lowest BCUT2D eigenvalue weighted by Gasteiger charge is -2.20. The number of nitrogens with one attached hydrogen (secondary N) is 1. The van der Waals surface area contributed by atoms with Crippen LogP contribution in [0.3, 0.4) is 0 Å². The molecule has 4 aromatic heterocycles. The molecule has 1 atom stereocenters. The van der Waals surface area contributed by atoms with Crippen LogP contribution in [-0.2, 0) is 7.05 Å². The molecule has 9 nitrogen and oxygen atoms in total. The Morgan fingerprint density at radius 1 is 1.06 bits per heavy atom. The largest absolute Gasteiger partial charge is 0.383 e. The third-order valence-corrected chi connectivity index (χ3v) is 5.48. The topological polar surface area (TPSA) is 112 Å². The van der Waals surface area contributed by atoms with Gasteiger partial charge in [0.05, 0.1) is 29.7 Å². The first-order valence-electron chi connectivity index (χ1n) is 9.97. The molecule has 0 radical (unpaired) electrons. The molecule has 0 aliphatic heterocycles. The van der Waals surface area contributed by atoms with Crippen molar-refractivity contribution in [3.63, 3.8) is 0 Å². The van der Waals surface area contributed by atoms with Gasteiger partial charge in [0.15, 0.2) is 10.8 Å². The summed E-state index contributed by atoms with van der Waals surface area (Å²) in [6, 6.07) is 11.7. The highest BCUT2D eigenvalue weighted by Gasteiger charge is 2.20. The maximum atomic E-state index is 6.29. The van der Waals surface area contributed by atoms with Gasteiger partial charge < -0.3 is 11.1 Å². The SMILES string of the molecule is C[C@H](Nc1ncnc(N)c1-c1cnn(C)c1)c1cc2ncc(Cl)n2nc1-c1ccccc1. The van der Waals surface area contributed by atoms with Crippen LogP contribution in [0.15, 0.2) is 61.3 Å². The minimum atomic E-state index is -0.178. The van der Waals surface area contributed by atoms with E-state index in [9.17, 15) is 0 Å². The van der Waals surface area contributed by atoms with E-state index < -0.39 is 0 Å². The number of benzene rings is 1. The number of fused-ring (bicyclic) bond motifs is 1. The summed E-state index contributed by atoms with van der Waals surface area (Å²) in [5.74, 6) is 0.984. The van der Waals surface area contributed by atoms with E-state index in [0.29, 0.717) is 28.0 Å². The molecule has 160 valence electrons. The molecule has 3 N–H and O–H groups in total. The van der Waals surface area contributed by atoms with Crippen LogP contribution in [0, 0.1) is 0 Å². The zero-order valence-electron chi connectivity index (χ0n) is 17.4. The van der Waals surface area contributed by atoms with Crippen molar-refractivity contribution in [1.82, 2.24) is 34.3 Å². The number of halogens is 1. The van der Waals surface area contributed by atoms with Crippen LogP contribution in [-0.4, -0.2) is 34.3 Å². The second-order valence-corrected chi connectivity index (χ2v) is 7.80. The van der Waals surface area contributed by atoms with Crippen molar-refractivity contribution in [2.24, 2.45) is 7.05 Å². The first-order chi connectivity index (χ1) is 15.5. The number of nitrogen functional groups attached to an aromatic ring is 1. The molecule has 32 heavy (non-hydrogen) atoms. The Morgan fingerprint density at radius 3 is 2.62 bits per heavy atom. The molecular formula is C22H20ClN9. The van der Waals surface area contributed by atoms with Gasteiger partial charge in [-0.2, -0.15) is 10.2 Å². The molecule has 4 heterocycles. The molecule has 0 saturated heterocycles. The van der Waals surface area contributed by atoms with Crippen molar-refractivity contribution < 1.29 is 0 Å².